The number of hydrogen-bond donors (Lipinski definition) is 3. The Hall–Kier alpha value is -2.01. The second-order valence-corrected chi connectivity index (χ2v) is 6.22. The Morgan fingerprint density at radius 2 is 2.09 bits per heavy atom. The maximum absolute atomic E-state index is 12.0. The summed E-state index contributed by atoms with van der Waals surface area (Å²) in [4.78, 5) is 12.0. The van der Waals surface area contributed by atoms with Crippen LogP contribution in [0.2, 0.25) is 0 Å². The average molecular weight is 303 g/mol. The van der Waals surface area contributed by atoms with Gasteiger partial charge < -0.3 is 20.3 Å². The van der Waals surface area contributed by atoms with E-state index in [1.165, 1.54) is 5.52 Å². The van der Waals surface area contributed by atoms with Crippen molar-refractivity contribution in [3.05, 3.63) is 30.5 Å². The number of anilines is 1. The van der Waals surface area contributed by atoms with E-state index in [1.807, 2.05) is 32.0 Å². The van der Waals surface area contributed by atoms with Crippen LogP contribution in [0.25, 0.3) is 10.9 Å². The molecule has 5 heteroatoms. The Labute approximate surface area is 131 Å². The molecule has 0 aliphatic carbocycles. The Morgan fingerprint density at radius 1 is 1.32 bits per heavy atom. The number of amides is 2. The van der Waals surface area contributed by atoms with Crippen molar-refractivity contribution < 1.29 is 9.90 Å². The highest BCUT2D eigenvalue weighted by Crippen LogP contribution is 2.21. The topological polar surface area (TPSA) is 66.3 Å². The van der Waals surface area contributed by atoms with Gasteiger partial charge in [0.2, 0.25) is 0 Å². The maximum atomic E-state index is 12.0. The minimum Gasteiger partial charge on any atom is -0.396 e. The number of nitrogens with zero attached hydrogens (tertiary/aromatic N) is 1. The first kappa shape index (κ1) is 16.4. The fourth-order valence-electron chi connectivity index (χ4n) is 2.53. The second kappa shape index (κ2) is 6.83. The SMILES string of the molecule is CCCn1ccc2cc(NC(=O)NC(C)(C)CCO)ccc21. The fraction of sp³-hybridized carbons (Fsp3) is 0.471. The summed E-state index contributed by atoms with van der Waals surface area (Å²) in [5, 5.41) is 15.8. The lowest BCUT2D eigenvalue weighted by atomic mass is 10.0. The third kappa shape index (κ3) is 4.01. The molecule has 2 aromatic rings. The highest BCUT2D eigenvalue weighted by Gasteiger charge is 2.19. The number of aromatic nitrogens is 1. The number of aliphatic hydroxyl groups excluding tert-OH is 1. The van der Waals surface area contributed by atoms with Crippen molar-refractivity contribution in [3.63, 3.8) is 0 Å². The fourth-order valence-corrected chi connectivity index (χ4v) is 2.53. The molecule has 5 nitrogen and oxygen atoms in total. The lowest BCUT2D eigenvalue weighted by Crippen LogP contribution is -2.46. The van der Waals surface area contributed by atoms with E-state index in [1.54, 1.807) is 0 Å². The Bertz CT molecular complexity index is 646. The van der Waals surface area contributed by atoms with Crippen molar-refractivity contribution in [1.29, 1.82) is 0 Å². The van der Waals surface area contributed by atoms with Crippen LogP contribution in [0, 0.1) is 0 Å². The molecule has 0 radical (unpaired) electrons. The van der Waals surface area contributed by atoms with Crippen molar-refractivity contribution in [3.8, 4) is 0 Å². The van der Waals surface area contributed by atoms with Gasteiger partial charge >= 0.3 is 6.03 Å². The van der Waals surface area contributed by atoms with Gasteiger partial charge in [0.05, 0.1) is 0 Å². The molecule has 1 heterocycles. The van der Waals surface area contributed by atoms with Gasteiger partial charge in [0.1, 0.15) is 0 Å². The van der Waals surface area contributed by atoms with Crippen molar-refractivity contribution >= 4 is 22.6 Å². The predicted molar refractivity (Wildman–Crippen MR) is 90.2 cm³/mol. The zero-order valence-electron chi connectivity index (χ0n) is 13.5. The van der Waals surface area contributed by atoms with E-state index in [-0.39, 0.29) is 12.6 Å². The summed E-state index contributed by atoms with van der Waals surface area (Å²) in [5.74, 6) is 0. The molecule has 0 spiro atoms. The highest BCUT2D eigenvalue weighted by atomic mass is 16.3. The number of nitrogens with one attached hydrogen (secondary N) is 2. The molecule has 2 amide bonds. The quantitative estimate of drug-likeness (QED) is 0.766. The molecular weight excluding hydrogens is 278 g/mol. The van der Waals surface area contributed by atoms with Crippen LogP contribution >= 0.6 is 0 Å². The van der Waals surface area contributed by atoms with Gasteiger partial charge in [-0.2, -0.15) is 0 Å². The summed E-state index contributed by atoms with van der Waals surface area (Å²) in [6, 6.07) is 7.71. The Kier molecular flexibility index (Phi) is 5.08. The molecule has 2 rings (SSSR count). The van der Waals surface area contributed by atoms with E-state index in [2.05, 4.69) is 34.4 Å². The first-order valence-corrected chi connectivity index (χ1v) is 7.74. The first-order chi connectivity index (χ1) is 10.4. The van der Waals surface area contributed by atoms with Gasteiger partial charge in [0, 0.05) is 41.5 Å². The van der Waals surface area contributed by atoms with E-state index < -0.39 is 5.54 Å². The van der Waals surface area contributed by atoms with Gasteiger partial charge in [-0.25, -0.2) is 4.79 Å². The van der Waals surface area contributed by atoms with Crippen molar-refractivity contribution in [2.75, 3.05) is 11.9 Å². The van der Waals surface area contributed by atoms with Crippen LogP contribution < -0.4 is 10.6 Å². The number of rotatable bonds is 6. The third-order valence-electron chi connectivity index (χ3n) is 3.68. The van der Waals surface area contributed by atoms with Crippen LogP contribution in [0.1, 0.15) is 33.6 Å². The number of hydrogen-bond acceptors (Lipinski definition) is 2. The third-order valence-corrected chi connectivity index (χ3v) is 3.68. The number of carbonyl (C=O) groups is 1. The molecule has 0 aliphatic heterocycles. The van der Waals surface area contributed by atoms with Crippen molar-refractivity contribution in [2.24, 2.45) is 0 Å². The van der Waals surface area contributed by atoms with Gasteiger partial charge in [-0.3, -0.25) is 0 Å². The maximum Gasteiger partial charge on any atom is 0.319 e. The summed E-state index contributed by atoms with van der Waals surface area (Å²) < 4.78 is 2.21. The molecule has 1 aromatic carbocycles. The average Bonchev–Trinajstić information content (AvgIpc) is 2.81. The smallest absolute Gasteiger partial charge is 0.319 e. The van der Waals surface area contributed by atoms with Crippen LogP contribution in [-0.2, 0) is 6.54 Å². The number of aliphatic hydroxyl groups is 1. The van der Waals surface area contributed by atoms with E-state index in [9.17, 15) is 4.79 Å². The van der Waals surface area contributed by atoms with Crippen molar-refractivity contribution in [1.82, 2.24) is 9.88 Å². The minimum atomic E-state index is -0.437. The van der Waals surface area contributed by atoms with Crippen LogP contribution in [0.5, 0.6) is 0 Å². The molecule has 0 saturated carbocycles. The Morgan fingerprint density at radius 3 is 2.77 bits per heavy atom. The molecule has 22 heavy (non-hydrogen) atoms. The molecule has 3 N–H and O–H groups in total. The molecule has 0 unspecified atom stereocenters. The van der Waals surface area contributed by atoms with Crippen LogP contribution in [0.3, 0.4) is 0 Å². The minimum absolute atomic E-state index is 0.0458. The molecule has 0 fully saturated rings. The summed E-state index contributed by atoms with van der Waals surface area (Å²) in [7, 11) is 0. The summed E-state index contributed by atoms with van der Waals surface area (Å²) in [6.45, 7) is 6.96. The summed E-state index contributed by atoms with van der Waals surface area (Å²) in [6.07, 6.45) is 3.67. The predicted octanol–water partition coefficient (Wildman–Crippen LogP) is 3.33. The summed E-state index contributed by atoms with van der Waals surface area (Å²) in [5.41, 5.74) is 1.50. The normalized spacial score (nSPS) is 11.6. The molecule has 120 valence electrons. The number of carbonyl (C=O) groups excluding carboxylic acids is 1. The summed E-state index contributed by atoms with van der Waals surface area (Å²) >= 11 is 0. The molecule has 1 aromatic heterocycles. The lowest BCUT2D eigenvalue weighted by molar-refractivity contribution is 0.218. The van der Waals surface area contributed by atoms with Gasteiger partial charge in [-0.15, -0.1) is 0 Å². The number of benzene rings is 1. The molecule has 0 saturated heterocycles. The van der Waals surface area contributed by atoms with Gasteiger partial charge in [-0.05, 0) is 51.0 Å². The first-order valence-electron chi connectivity index (χ1n) is 7.74. The molecular formula is C17H25N3O2. The van der Waals surface area contributed by atoms with E-state index in [0.717, 1.165) is 24.0 Å². The monoisotopic (exact) mass is 303 g/mol. The van der Waals surface area contributed by atoms with Crippen LogP contribution in [0.15, 0.2) is 30.5 Å². The number of aryl methyl sites for hydroxylation is 1. The van der Waals surface area contributed by atoms with Crippen molar-refractivity contribution in [2.45, 2.75) is 45.7 Å². The van der Waals surface area contributed by atoms with E-state index in [4.69, 9.17) is 5.11 Å². The molecule has 0 atom stereocenters. The zero-order valence-corrected chi connectivity index (χ0v) is 13.5. The number of fused-ring (bicyclic) bond motifs is 1. The standard InChI is InChI=1S/C17H25N3O2/c1-4-9-20-10-7-13-12-14(5-6-15(13)20)18-16(22)19-17(2,3)8-11-21/h5-7,10,12,21H,4,8-9,11H2,1-3H3,(H2,18,19,22). The zero-order chi connectivity index (χ0) is 16.2. The highest BCUT2D eigenvalue weighted by molar-refractivity contribution is 5.93. The van der Waals surface area contributed by atoms with Gasteiger partial charge in [-0.1, -0.05) is 6.92 Å². The molecule has 0 bridgehead atoms. The molecule has 0 aliphatic rings. The van der Waals surface area contributed by atoms with E-state index in [0.29, 0.717) is 6.42 Å². The number of urea groups is 1. The largest absolute Gasteiger partial charge is 0.396 e. The second-order valence-electron chi connectivity index (χ2n) is 6.22. The Balaban J connectivity index is 2.07. The van der Waals surface area contributed by atoms with E-state index >= 15 is 0 Å². The lowest BCUT2D eigenvalue weighted by Gasteiger charge is -2.25. The van der Waals surface area contributed by atoms with Crippen LogP contribution in [-0.4, -0.2) is 27.9 Å². The van der Waals surface area contributed by atoms with Gasteiger partial charge in [0.15, 0.2) is 0 Å². The van der Waals surface area contributed by atoms with Gasteiger partial charge in [0.25, 0.3) is 0 Å². The van der Waals surface area contributed by atoms with Crippen LogP contribution in [0.4, 0.5) is 10.5 Å².